The van der Waals surface area contributed by atoms with Crippen LogP contribution in [0.5, 0.6) is 0 Å². The minimum atomic E-state index is 0.107. The fourth-order valence-corrected chi connectivity index (χ4v) is 3.95. The Hall–Kier alpha value is -2.34. The first-order valence-electron chi connectivity index (χ1n) is 9.01. The van der Waals surface area contributed by atoms with Crippen LogP contribution in [0.4, 0.5) is 0 Å². The van der Waals surface area contributed by atoms with E-state index in [0.717, 1.165) is 27.6 Å². The summed E-state index contributed by atoms with van der Waals surface area (Å²) >= 11 is 1.62. The van der Waals surface area contributed by atoms with Gasteiger partial charge in [0, 0.05) is 30.2 Å². The summed E-state index contributed by atoms with van der Waals surface area (Å²) < 4.78 is 5.17. The summed E-state index contributed by atoms with van der Waals surface area (Å²) in [6.07, 6.45) is 0.469. The van der Waals surface area contributed by atoms with E-state index in [2.05, 4.69) is 43.3 Å². The van der Waals surface area contributed by atoms with Crippen LogP contribution in [0.2, 0.25) is 0 Å². The van der Waals surface area contributed by atoms with Gasteiger partial charge in [-0.05, 0) is 51.5 Å². The zero-order valence-electron chi connectivity index (χ0n) is 16.5. The van der Waals surface area contributed by atoms with Crippen molar-refractivity contribution in [2.24, 2.45) is 0 Å². The lowest BCUT2D eigenvalue weighted by atomic mass is 10.1. The molecule has 1 amide bonds. The van der Waals surface area contributed by atoms with Crippen molar-refractivity contribution in [2.75, 3.05) is 12.8 Å². The number of hydrogen-bond donors (Lipinski definition) is 0. The Labute approximate surface area is 164 Å². The number of aryl methyl sites for hydroxylation is 4. The maximum Gasteiger partial charge on any atom is 0.223 e. The Kier molecular flexibility index (Phi) is 5.85. The second kappa shape index (κ2) is 8.13. The van der Waals surface area contributed by atoms with Crippen LogP contribution >= 0.6 is 11.8 Å². The van der Waals surface area contributed by atoms with Gasteiger partial charge in [-0.25, -0.2) is 4.98 Å². The molecule has 27 heavy (non-hydrogen) atoms. The van der Waals surface area contributed by atoms with Crippen LogP contribution in [0.1, 0.15) is 34.6 Å². The average Bonchev–Trinajstić information content (AvgIpc) is 2.94. The predicted molar refractivity (Wildman–Crippen MR) is 109 cm³/mol. The topological polar surface area (TPSA) is 59.2 Å². The summed E-state index contributed by atoms with van der Waals surface area (Å²) in [4.78, 5) is 18.9. The zero-order valence-corrected chi connectivity index (χ0v) is 17.3. The van der Waals surface area contributed by atoms with Crippen LogP contribution in [0.15, 0.2) is 33.8 Å². The molecule has 0 N–H and O–H groups in total. The Balaban J connectivity index is 1.58. The molecule has 3 aromatic rings. The van der Waals surface area contributed by atoms with E-state index in [1.165, 1.54) is 16.5 Å². The summed E-state index contributed by atoms with van der Waals surface area (Å²) in [5, 5.41) is 6.10. The number of fused-ring (bicyclic) bond motifs is 1. The Morgan fingerprint density at radius 2 is 1.96 bits per heavy atom. The largest absolute Gasteiger partial charge is 0.361 e. The van der Waals surface area contributed by atoms with Gasteiger partial charge in [0.05, 0.1) is 22.8 Å². The molecule has 0 fully saturated rings. The Morgan fingerprint density at radius 1 is 1.19 bits per heavy atom. The molecule has 0 aliphatic heterocycles. The average molecular weight is 384 g/mol. The highest BCUT2D eigenvalue weighted by atomic mass is 32.2. The van der Waals surface area contributed by atoms with Crippen molar-refractivity contribution in [3.63, 3.8) is 0 Å². The molecule has 2 heterocycles. The first-order chi connectivity index (χ1) is 12.8. The lowest BCUT2D eigenvalue weighted by Gasteiger charge is -2.17. The highest BCUT2D eigenvalue weighted by molar-refractivity contribution is 7.99. The number of benzene rings is 1. The third-order valence-corrected chi connectivity index (χ3v) is 5.63. The van der Waals surface area contributed by atoms with E-state index in [1.54, 1.807) is 16.7 Å². The van der Waals surface area contributed by atoms with E-state index in [1.807, 2.05) is 20.9 Å². The third kappa shape index (κ3) is 4.50. The van der Waals surface area contributed by atoms with Crippen LogP contribution in [0, 0.1) is 27.7 Å². The second-order valence-corrected chi connectivity index (χ2v) is 8.06. The van der Waals surface area contributed by atoms with Crippen molar-refractivity contribution in [3.05, 3.63) is 52.4 Å². The quantitative estimate of drug-likeness (QED) is 0.582. The van der Waals surface area contributed by atoms with Crippen molar-refractivity contribution >= 4 is 28.6 Å². The number of carbonyl (C=O) groups excluding carboxylic acids is 1. The molecule has 0 aliphatic rings. The van der Waals surface area contributed by atoms with E-state index < -0.39 is 0 Å². The van der Waals surface area contributed by atoms with Gasteiger partial charge in [-0.3, -0.25) is 4.79 Å². The van der Waals surface area contributed by atoms with Crippen molar-refractivity contribution < 1.29 is 9.32 Å². The normalized spacial score (nSPS) is 11.1. The van der Waals surface area contributed by atoms with Gasteiger partial charge in [-0.15, -0.1) is 11.8 Å². The Morgan fingerprint density at radius 3 is 2.67 bits per heavy atom. The minimum Gasteiger partial charge on any atom is -0.361 e. The monoisotopic (exact) mass is 383 g/mol. The lowest BCUT2D eigenvalue weighted by molar-refractivity contribution is -0.129. The molecule has 0 radical (unpaired) electrons. The van der Waals surface area contributed by atoms with Crippen LogP contribution in [-0.2, 0) is 11.3 Å². The molecule has 5 nitrogen and oxygen atoms in total. The highest BCUT2D eigenvalue weighted by Crippen LogP contribution is 2.25. The number of aromatic nitrogens is 2. The first kappa shape index (κ1) is 19.4. The lowest BCUT2D eigenvalue weighted by Crippen LogP contribution is -2.26. The number of amides is 1. The molecule has 6 heteroatoms. The molecule has 0 saturated heterocycles. The van der Waals surface area contributed by atoms with Crippen molar-refractivity contribution in [3.8, 4) is 0 Å². The third-order valence-electron chi connectivity index (χ3n) is 4.72. The molecule has 0 aliphatic carbocycles. The van der Waals surface area contributed by atoms with Crippen molar-refractivity contribution in [2.45, 2.75) is 45.7 Å². The van der Waals surface area contributed by atoms with Crippen LogP contribution in [0.3, 0.4) is 0 Å². The van der Waals surface area contributed by atoms with Crippen molar-refractivity contribution in [1.29, 1.82) is 0 Å². The molecule has 0 atom stereocenters. The number of rotatable bonds is 6. The molecule has 0 bridgehead atoms. The first-order valence-corrected chi connectivity index (χ1v) is 10.00. The maximum atomic E-state index is 12.4. The van der Waals surface area contributed by atoms with Crippen LogP contribution < -0.4 is 0 Å². The molecule has 0 unspecified atom stereocenters. The zero-order chi connectivity index (χ0) is 19.6. The molecule has 142 valence electrons. The summed E-state index contributed by atoms with van der Waals surface area (Å²) in [5.74, 6) is 1.58. The molecule has 1 aromatic carbocycles. The van der Waals surface area contributed by atoms with Crippen LogP contribution in [-0.4, -0.2) is 33.7 Å². The van der Waals surface area contributed by atoms with E-state index in [9.17, 15) is 4.79 Å². The highest BCUT2D eigenvalue weighted by Gasteiger charge is 2.15. The smallest absolute Gasteiger partial charge is 0.223 e. The van der Waals surface area contributed by atoms with E-state index in [4.69, 9.17) is 9.51 Å². The molecular formula is C21H25N3O2S. The molecule has 0 spiro atoms. The Bertz CT molecular complexity index is 961. The molecule has 3 rings (SSSR count). The number of thioether (sulfide) groups is 1. The van der Waals surface area contributed by atoms with Gasteiger partial charge in [0.15, 0.2) is 0 Å². The number of carbonyl (C=O) groups is 1. The standard InChI is InChI=1S/C21H25N3O2S/c1-13-6-7-19-17(10-13)14(2)11-20(22-19)27-9-8-21(25)24(5)12-18-15(3)23-26-16(18)4/h6-7,10-11H,8-9,12H2,1-5H3. The van der Waals surface area contributed by atoms with E-state index >= 15 is 0 Å². The molecule has 2 aromatic heterocycles. The second-order valence-electron chi connectivity index (χ2n) is 6.95. The van der Waals surface area contributed by atoms with E-state index in [0.29, 0.717) is 18.7 Å². The summed E-state index contributed by atoms with van der Waals surface area (Å²) in [7, 11) is 1.82. The number of hydrogen-bond acceptors (Lipinski definition) is 5. The maximum absolute atomic E-state index is 12.4. The molecular weight excluding hydrogens is 358 g/mol. The SMILES string of the molecule is Cc1ccc2nc(SCCC(=O)N(C)Cc3c(C)noc3C)cc(C)c2c1. The van der Waals surface area contributed by atoms with Crippen LogP contribution in [0.25, 0.3) is 10.9 Å². The fraction of sp³-hybridized carbons (Fsp3) is 0.381. The van der Waals surface area contributed by atoms with Crippen molar-refractivity contribution in [1.82, 2.24) is 15.0 Å². The van der Waals surface area contributed by atoms with Gasteiger partial charge in [-0.1, -0.05) is 16.8 Å². The fourth-order valence-electron chi connectivity index (χ4n) is 3.04. The van der Waals surface area contributed by atoms with Gasteiger partial charge < -0.3 is 9.42 Å². The summed E-state index contributed by atoms with van der Waals surface area (Å²) in [5.41, 5.74) is 5.28. The number of nitrogens with zero attached hydrogens (tertiary/aromatic N) is 3. The van der Waals surface area contributed by atoms with Gasteiger partial charge >= 0.3 is 0 Å². The predicted octanol–water partition coefficient (Wildman–Crippen LogP) is 4.60. The molecule has 0 saturated carbocycles. The van der Waals surface area contributed by atoms with Gasteiger partial charge in [-0.2, -0.15) is 0 Å². The number of pyridine rings is 1. The summed E-state index contributed by atoms with van der Waals surface area (Å²) in [6, 6.07) is 8.41. The van der Waals surface area contributed by atoms with Gasteiger partial charge in [0.2, 0.25) is 5.91 Å². The van der Waals surface area contributed by atoms with E-state index in [-0.39, 0.29) is 5.91 Å². The minimum absolute atomic E-state index is 0.107. The summed E-state index contributed by atoms with van der Waals surface area (Å²) in [6.45, 7) is 8.49. The van der Waals surface area contributed by atoms with Gasteiger partial charge in [0.1, 0.15) is 5.76 Å². The van der Waals surface area contributed by atoms with Gasteiger partial charge in [0.25, 0.3) is 0 Å².